The average Bonchev–Trinajstić information content (AvgIpc) is 2.63. The van der Waals surface area contributed by atoms with Gasteiger partial charge in [0.2, 0.25) is 0 Å². The Balaban J connectivity index is 2.04. The molecular weight excluding hydrogens is 307 g/mol. The summed E-state index contributed by atoms with van der Waals surface area (Å²) in [4.78, 5) is 22.7. The Bertz CT molecular complexity index is 715. The van der Waals surface area contributed by atoms with Gasteiger partial charge < -0.3 is 0 Å². The van der Waals surface area contributed by atoms with E-state index in [2.05, 4.69) is 0 Å². The molecule has 3 nitrogen and oxygen atoms in total. The molecule has 4 heteroatoms. The maximum absolute atomic E-state index is 11.3. The maximum atomic E-state index is 11.3. The van der Waals surface area contributed by atoms with E-state index in [-0.39, 0.29) is 6.61 Å². The van der Waals surface area contributed by atoms with E-state index in [1.165, 1.54) is 0 Å². The van der Waals surface area contributed by atoms with Gasteiger partial charge in [-0.15, -0.1) is 0 Å². The summed E-state index contributed by atoms with van der Waals surface area (Å²) >= 11 is 0. The summed E-state index contributed by atoms with van der Waals surface area (Å²) in [5.74, 6) is 0. The third-order valence-electron chi connectivity index (χ3n) is 3.76. The van der Waals surface area contributed by atoms with Gasteiger partial charge in [0, 0.05) is 0 Å². The van der Waals surface area contributed by atoms with Crippen LogP contribution in [0.4, 0.5) is 0 Å². The zero-order valence-corrected chi connectivity index (χ0v) is 13.5. The second-order valence-electron chi connectivity index (χ2n) is 5.38. The molecule has 0 aliphatic rings. The molecule has 0 radical (unpaired) electrons. The molecule has 2 N–H and O–H groups in total. The van der Waals surface area contributed by atoms with Crippen molar-refractivity contribution in [1.29, 1.82) is 0 Å². The monoisotopic (exact) mass is 326 g/mol. The molecule has 0 saturated heterocycles. The normalized spacial score (nSPS) is 13.2. The van der Waals surface area contributed by atoms with E-state index in [4.69, 9.17) is 4.52 Å². The van der Waals surface area contributed by atoms with Gasteiger partial charge in [0.25, 0.3) is 0 Å². The first kappa shape index (κ1) is 15.9. The van der Waals surface area contributed by atoms with E-state index in [0.29, 0.717) is 10.6 Å². The van der Waals surface area contributed by atoms with Crippen LogP contribution in [-0.2, 0) is 11.1 Å². The molecule has 0 heterocycles. The molecule has 0 amide bonds. The Hall–Kier alpha value is -2.03. The molecular formula is C19H19O3P. The van der Waals surface area contributed by atoms with Crippen LogP contribution in [0.3, 0.4) is 0 Å². The average molecular weight is 326 g/mol. The topological polar surface area (TPSA) is 49.7 Å². The van der Waals surface area contributed by atoms with Crippen molar-refractivity contribution in [2.75, 3.05) is 0 Å². The standard InChI is InChI=1S/C19H19O3P/c20-23(21,18-12-6-2-7-13-18,19-14-8-3-9-15-19)22-16-17-10-4-1-5-11-17/h1-15,20-21H,16H2. The molecule has 118 valence electrons. The van der Waals surface area contributed by atoms with Gasteiger partial charge in [-0.25, -0.2) is 0 Å². The fraction of sp³-hybridized carbons (Fsp3) is 0.0526. The molecule has 0 fully saturated rings. The Morgan fingerprint density at radius 2 is 1.00 bits per heavy atom. The van der Waals surface area contributed by atoms with Crippen LogP contribution in [0.5, 0.6) is 0 Å². The van der Waals surface area contributed by atoms with Gasteiger partial charge in [0.05, 0.1) is 0 Å². The van der Waals surface area contributed by atoms with Crippen molar-refractivity contribution in [1.82, 2.24) is 0 Å². The zero-order chi connectivity index (χ0) is 16.2. The number of hydrogen-bond donors (Lipinski definition) is 2. The fourth-order valence-electron chi connectivity index (χ4n) is 2.46. The minimum absolute atomic E-state index is 0.120. The molecule has 3 aromatic rings. The van der Waals surface area contributed by atoms with Crippen molar-refractivity contribution in [3.05, 3.63) is 96.6 Å². The molecule has 0 unspecified atom stereocenters. The SMILES string of the molecule is OP(O)(OCc1ccccc1)(c1ccccc1)c1ccccc1. The third-order valence-corrected chi connectivity index (χ3v) is 6.84. The van der Waals surface area contributed by atoms with Gasteiger partial charge in [-0.05, 0) is 0 Å². The van der Waals surface area contributed by atoms with Crippen molar-refractivity contribution in [2.45, 2.75) is 6.61 Å². The number of hydrogen-bond acceptors (Lipinski definition) is 3. The van der Waals surface area contributed by atoms with Gasteiger partial charge in [0.1, 0.15) is 0 Å². The van der Waals surface area contributed by atoms with E-state index >= 15 is 0 Å². The van der Waals surface area contributed by atoms with Crippen LogP contribution in [0, 0.1) is 0 Å². The molecule has 3 aromatic carbocycles. The quantitative estimate of drug-likeness (QED) is 0.708. The summed E-state index contributed by atoms with van der Waals surface area (Å²) in [6, 6.07) is 27.0. The van der Waals surface area contributed by atoms with Gasteiger partial charge in [0.15, 0.2) is 0 Å². The first-order valence-corrected chi connectivity index (χ1v) is 9.46. The molecule has 3 rings (SSSR count). The molecule has 0 saturated carbocycles. The van der Waals surface area contributed by atoms with Gasteiger partial charge >= 0.3 is 135 Å². The van der Waals surface area contributed by atoms with Crippen LogP contribution in [0.15, 0.2) is 91.0 Å². The van der Waals surface area contributed by atoms with Crippen molar-refractivity contribution in [2.24, 2.45) is 0 Å². The summed E-state index contributed by atoms with van der Waals surface area (Å²) in [6.07, 6.45) is 0. The van der Waals surface area contributed by atoms with Crippen molar-refractivity contribution in [3.8, 4) is 0 Å². The Labute approximate surface area is 136 Å². The van der Waals surface area contributed by atoms with Crippen LogP contribution in [0.1, 0.15) is 5.56 Å². The Morgan fingerprint density at radius 3 is 1.43 bits per heavy atom. The fourth-order valence-corrected chi connectivity index (χ4v) is 4.87. The van der Waals surface area contributed by atoms with Crippen molar-refractivity contribution in [3.63, 3.8) is 0 Å². The summed E-state index contributed by atoms with van der Waals surface area (Å²) in [5.41, 5.74) is 0.886. The molecule has 0 aromatic heterocycles. The molecule has 0 bridgehead atoms. The van der Waals surface area contributed by atoms with E-state index in [1.807, 2.05) is 42.5 Å². The Morgan fingerprint density at radius 1 is 0.609 bits per heavy atom. The third kappa shape index (κ3) is 3.19. The van der Waals surface area contributed by atoms with Crippen LogP contribution in [0.25, 0.3) is 0 Å². The van der Waals surface area contributed by atoms with Gasteiger partial charge in [-0.1, -0.05) is 0 Å². The Kier molecular flexibility index (Phi) is 4.29. The second-order valence-corrected chi connectivity index (χ2v) is 8.56. The summed E-state index contributed by atoms with van der Waals surface area (Å²) < 4.78 is 5.82. The van der Waals surface area contributed by atoms with Crippen molar-refractivity contribution < 1.29 is 14.3 Å². The zero-order valence-electron chi connectivity index (χ0n) is 12.6. The molecule has 0 atom stereocenters. The van der Waals surface area contributed by atoms with Crippen LogP contribution in [0.2, 0.25) is 0 Å². The van der Waals surface area contributed by atoms with Crippen LogP contribution < -0.4 is 10.6 Å². The van der Waals surface area contributed by atoms with Gasteiger partial charge in [-0.3, -0.25) is 0 Å². The summed E-state index contributed by atoms with van der Waals surface area (Å²) in [7, 11) is -4.68. The predicted molar refractivity (Wildman–Crippen MR) is 94.7 cm³/mol. The first-order valence-electron chi connectivity index (χ1n) is 7.40. The van der Waals surface area contributed by atoms with E-state index in [1.54, 1.807) is 48.5 Å². The van der Waals surface area contributed by atoms with Crippen LogP contribution in [-0.4, -0.2) is 9.79 Å². The second kappa shape index (κ2) is 6.23. The number of benzene rings is 3. The van der Waals surface area contributed by atoms with Gasteiger partial charge in [-0.2, -0.15) is 0 Å². The molecule has 0 aliphatic heterocycles. The molecule has 0 aliphatic carbocycles. The molecule has 23 heavy (non-hydrogen) atoms. The van der Waals surface area contributed by atoms with Crippen LogP contribution >= 0.6 is 7.28 Å². The predicted octanol–water partition coefficient (Wildman–Crippen LogP) is 3.14. The number of rotatable bonds is 5. The summed E-state index contributed by atoms with van der Waals surface area (Å²) in [5, 5.41) is 0.779. The molecule has 0 spiro atoms. The van der Waals surface area contributed by atoms with Crippen molar-refractivity contribution >= 4 is 17.9 Å². The van der Waals surface area contributed by atoms with E-state index < -0.39 is 7.28 Å². The first-order chi connectivity index (χ1) is 11.1. The van der Waals surface area contributed by atoms with E-state index in [0.717, 1.165) is 5.56 Å². The summed E-state index contributed by atoms with van der Waals surface area (Å²) in [6.45, 7) is 0.120. The minimum atomic E-state index is -4.68. The van der Waals surface area contributed by atoms with E-state index in [9.17, 15) is 9.79 Å².